The molecule has 0 spiro atoms. The van der Waals surface area contributed by atoms with E-state index in [9.17, 15) is 0 Å². The molecule has 0 saturated carbocycles. The topological polar surface area (TPSA) is 60.2 Å². The summed E-state index contributed by atoms with van der Waals surface area (Å²) in [5, 5.41) is 3.34. The van der Waals surface area contributed by atoms with Gasteiger partial charge in [-0.05, 0) is 63.1 Å². The van der Waals surface area contributed by atoms with Crippen molar-refractivity contribution >= 4 is 33.1 Å². The Kier molecular flexibility index (Phi) is 4.73. The van der Waals surface area contributed by atoms with E-state index in [1.165, 1.54) is 0 Å². The fraction of sp³-hybridized carbons (Fsp3) is 0.312. The zero-order valence-electron chi connectivity index (χ0n) is 12.7. The number of aryl methyl sites for hydroxylation is 2. The molecule has 0 saturated heterocycles. The number of benzene rings is 1. The SMILES string of the molecule is Cc1cc(Br)cc(C)c1Nc1ccc(N)c(OC(C)C)n1. The molecule has 5 heteroatoms. The largest absolute Gasteiger partial charge is 0.473 e. The first-order chi connectivity index (χ1) is 9.86. The van der Waals surface area contributed by atoms with Gasteiger partial charge >= 0.3 is 0 Å². The normalized spacial score (nSPS) is 10.8. The molecule has 3 N–H and O–H groups in total. The third kappa shape index (κ3) is 3.88. The fourth-order valence-electron chi connectivity index (χ4n) is 2.07. The monoisotopic (exact) mass is 349 g/mol. The van der Waals surface area contributed by atoms with Gasteiger partial charge in [0.05, 0.1) is 11.8 Å². The second-order valence-electron chi connectivity index (χ2n) is 5.30. The number of rotatable bonds is 4. The Balaban J connectivity index is 2.32. The van der Waals surface area contributed by atoms with Gasteiger partial charge in [0.1, 0.15) is 5.82 Å². The number of nitrogens with one attached hydrogen (secondary N) is 1. The molecule has 1 heterocycles. The molecule has 0 radical (unpaired) electrons. The van der Waals surface area contributed by atoms with Gasteiger partial charge in [0.25, 0.3) is 0 Å². The molecule has 1 aromatic carbocycles. The maximum absolute atomic E-state index is 5.89. The highest BCUT2D eigenvalue weighted by Gasteiger charge is 2.09. The van der Waals surface area contributed by atoms with Crippen molar-refractivity contribution in [3.63, 3.8) is 0 Å². The standard InChI is InChI=1S/C16H20BrN3O/c1-9(2)21-16-13(18)5-6-14(20-16)19-15-10(3)7-12(17)8-11(15)4/h5-9H,18H2,1-4H3,(H,19,20). The van der Waals surface area contributed by atoms with Crippen molar-refractivity contribution in [2.24, 2.45) is 0 Å². The first-order valence-corrected chi connectivity index (χ1v) is 7.63. The molecule has 0 aliphatic carbocycles. The van der Waals surface area contributed by atoms with Crippen LogP contribution in [0.25, 0.3) is 0 Å². The van der Waals surface area contributed by atoms with Crippen molar-refractivity contribution in [3.05, 3.63) is 39.9 Å². The molecule has 0 unspecified atom stereocenters. The van der Waals surface area contributed by atoms with Crippen molar-refractivity contribution in [1.29, 1.82) is 0 Å². The first-order valence-electron chi connectivity index (χ1n) is 6.83. The Labute approximate surface area is 133 Å². The molecule has 112 valence electrons. The van der Waals surface area contributed by atoms with E-state index in [4.69, 9.17) is 10.5 Å². The Morgan fingerprint density at radius 2 is 1.81 bits per heavy atom. The van der Waals surface area contributed by atoms with Gasteiger partial charge in [-0.15, -0.1) is 0 Å². The van der Waals surface area contributed by atoms with Gasteiger partial charge in [-0.3, -0.25) is 0 Å². The summed E-state index contributed by atoms with van der Waals surface area (Å²) in [6.07, 6.45) is 0.0335. The number of ether oxygens (including phenoxy) is 1. The minimum absolute atomic E-state index is 0.0335. The predicted octanol–water partition coefficient (Wildman–Crippen LogP) is 4.57. The Bertz CT molecular complexity index is 633. The number of nitrogens with zero attached hydrogens (tertiary/aromatic N) is 1. The summed E-state index contributed by atoms with van der Waals surface area (Å²) in [4.78, 5) is 4.44. The van der Waals surface area contributed by atoms with Crippen LogP contribution in [0, 0.1) is 13.8 Å². The maximum atomic E-state index is 5.89. The highest BCUT2D eigenvalue weighted by Crippen LogP contribution is 2.29. The summed E-state index contributed by atoms with van der Waals surface area (Å²) in [6, 6.07) is 7.79. The lowest BCUT2D eigenvalue weighted by atomic mass is 10.1. The van der Waals surface area contributed by atoms with Crippen LogP contribution in [0.3, 0.4) is 0 Å². The van der Waals surface area contributed by atoms with Crippen molar-refractivity contribution < 1.29 is 4.74 Å². The zero-order chi connectivity index (χ0) is 15.6. The highest BCUT2D eigenvalue weighted by atomic mass is 79.9. The molecule has 0 aliphatic rings. The molecule has 0 atom stereocenters. The van der Waals surface area contributed by atoms with Crippen LogP contribution >= 0.6 is 15.9 Å². The molecule has 21 heavy (non-hydrogen) atoms. The van der Waals surface area contributed by atoms with Crippen LogP contribution in [0.4, 0.5) is 17.2 Å². The van der Waals surface area contributed by atoms with Gasteiger partial charge in [-0.25, -0.2) is 0 Å². The maximum Gasteiger partial charge on any atom is 0.239 e. The minimum atomic E-state index is 0.0335. The van der Waals surface area contributed by atoms with Gasteiger partial charge in [0.15, 0.2) is 0 Å². The average Bonchev–Trinajstić information content (AvgIpc) is 2.37. The van der Waals surface area contributed by atoms with Crippen LogP contribution in [-0.2, 0) is 0 Å². The number of anilines is 3. The number of hydrogen-bond acceptors (Lipinski definition) is 4. The lowest BCUT2D eigenvalue weighted by Gasteiger charge is -2.15. The summed E-state index contributed by atoms with van der Waals surface area (Å²) in [5.74, 6) is 1.18. The summed E-state index contributed by atoms with van der Waals surface area (Å²) in [7, 11) is 0. The van der Waals surface area contributed by atoms with Crippen LogP contribution in [0.15, 0.2) is 28.7 Å². The van der Waals surface area contributed by atoms with E-state index >= 15 is 0 Å². The number of aromatic nitrogens is 1. The van der Waals surface area contributed by atoms with Gasteiger partial charge < -0.3 is 15.8 Å². The Hall–Kier alpha value is -1.75. The third-order valence-electron chi connectivity index (χ3n) is 2.99. The number of nitrogen functional groups attached to an aromatic ring is 1. The molecular weight excluding hydrogens is 330 g/mol. The number of halogens is 1. The van der Waals surface area contributed by atoms with Crippen LogP contribution in [-0.4, -0.2) is 11.1 Å². The molecule has 4 nitrogen and oxygen atoms in total. The third-order valence-corrected chi connectivity index (χ3v) is 3.45. The smallest absolute Gasteiger partial charge is 0.239 e. The van der Waals surface area contributed by atoms with Gasteiger partial charge in [0.2, 0.25) is 5.88 Å². The molecule has 0 bridgehead atoms. The average molecular weight is 350 g/mol. The molecule has 1 aromatic heterocycles. The van der Waals surface area contributed by atoms with E-state index in [1.54, 1.807) is 6.07 Å². The van der Waals surface area contributed by atoms with Crippen molar-refractivity contribution in [3.8, 4) is 5.88 Å². The van der Waals surface area contributed by atoms with Crippen LogP contribution < -0.4 is 15.8 Å². The predicted molar refractivity (Wildman–Crippen MR) is 91.3 cm³/mol. The highest BCUT2D eigenvalue weighted by molar-refractivity contribution is 9.10. The van der Waals surface area contributed by atoms with Crippen LogP contribution in [0.1, 0.15) is 25.0 Å². The summed E-state index contributed by atoms with van der Waals surface area (Å²) in [5.41, 5.74) is 9.77. The molecule has 2 aromatic rings. The second-order valence-corrected chi connectivity index (χ2v) is 6.21. The number of hydrogen-bond donors (Lipinski definition) is 2. The summed E-state index contributed by atoms with van der Waals surface area (Å²) < 4.78 is 6.69. The molecule has 0 aliphatic heterocycles. The van der Waals surface area contributed by atoms with E-state index in [1.807, 2.05) is 19.9 Å². The fourth-order valence-corrected chi connectivity index (χ4v) is 2.76. The lowest BCUT2D eigenvalue weighted by molar-refractivity contribution is 0.234. The van der Waals surface area contributed by atoms with E-state index in [0.717, 1.165) is 21.3 Å². The van der Waals surface area contributed by atoms with Crippen molar-refractivity contribution in [1.82, 2.24) is 4.98 Å². The number of nitrogens with two attached hydrogens (primary N) is 1. The van der Waals surface area contributed by atoms with E-state index in [-0.39, 0.29) is 6.10 Å². The second kappa shape index (κ2) is 6.35. The van der Waals surface area contributed by atoms with E-state index in [0.29, 0.717) is 17.4 Å². The lowest BCUT2D eigenvalue weighted by Crippen LogP contribution is -2.10. The molecular formula is C16H20BrN3O. The summed E-state index contributed by atoms with van der Waals surface area (Å²) >= 11 is 3.50. The van der Waals surface area contributed by atoms with E-state index in [2.05, 4.69) is 52.2 Å². The van der Waals surface area contributed by atoms with Gasteiger partial charge in [-0.2, -0.15) is 4.98 Å². The quantitative estimate of drug-likeness (QED) is 0.848. The molecule has 2 rings (SSSR count). The van der Waals surface area contributed by atoms with Crippen molar-refractivity contribution in [2.75, 3.05) is 11.1 Å². The van der Waals surface area contributed by atoms with Gasteiger partial charge in [0, 0.05) is 10.2 Å². The summed E-state index contributed by atoms with van der Waals surface area (Å²) in [6.45, 7) is 8.01. The number of pyridine rings is 1. The Morgan fingerprint density at radius 3 is 2.38 bits per heavy atom. The van der Waals surface area contributed by atoms with E-state index < -0.39 is 0 Å². The van der Waals surface area contributed by atoms with Crippen molar-refractivity contribution in [2.45, 2.75) is 33.8 Å². The molecule has 0 fully saturated rings. The van der Waals surface area contributed by atoms with Gasteiger partial charge in [-0.1, -0.05) is 15.9 Å². The van der Waals surface area contributed by atoms with Crippen LogP contribution in [0.5, 0.6) is 5.88 Å². The minimum Gasteiger partial charge on any atom is -0.473 e. The molecule has 0 amide bonds. The Morgan fingerprint density at radius 1 is 1.19 bits per heavy atom. The zero-order valence-corrected chi connectivity index (χ0v) is 14.3. The van der Waals surface area contributed by atoms with Crippen LogP contribution in [0.2, 0.25) is 0 Å². The first kappa shape index (κ1) is 15.6.